The fraction of sp³-hybridized carbons (Fsp3) is 0.647. The summed E-state index contributed by atoms with van der Waals surface area (Å²) in [7, 11) is 2.05. The first-order valence-corrected chi connectivity index (χ1v) is 7.90. The quantitative estimate of drug-likeness (QED) is 0.841. The van der Waals surface area contributed by atoms with Crippen LogP contribution in [-0.2, 0) is 4.74 Å². The molecule has 0 aliphatic carbocycles. The molecule has 1 aliphatic heterocycles. The number of likely N-dealkylation sites (N-methyl/N-ethyl adjacent to an activating group) is 1. The summed E-state index contributed by atoms with van der Waals surface area (Å²) in [6, 6.07) is 4.34. The van der Waals surface area contributed by atoms with Crippen LogP contribution in [0.4, 0.5) is 10.6 Å². The van der Waals surface area contributed by atoms with E-state index < -0.39 is 5.60 Å². The van der Waals surface area contributed by atoms with Gasteiger partial charge in [-0.2, -0.15) is 0 Å². The van der Waals surface area contributed by atoms with E-state index in [2.05, 4.69) is 22.9 Å². The average molecular weight is 305 g/mol. The molecule has 1 aromatic rings. The monoisotopic (exact) mass is 305 g/mol. The van der Waals surface area contributed by atoms with Gasteiger partial charge in [0, 0.05) is 32.4 Å². The van der Waals surface area contributed by atoms with Crippen molar-refractivity contribution in [2.75, 3.05) is 25.0 Å². The van der Waals surface area contributed by atoms with Gasteiger partial charge in [0.2, 0.25) is 0 Å². The Hall–Kier alpha value is -1.78. The Morgan fingerprint density at radius 1 is 1.45 bits per heavy atom. The predicted octanol–water partition coefficient (Wildman–Crippen LogP) is 3.23. The number of aryl methyl sites for hydroxylation is 1. The molecule has 1 amide bonds. The number of ether oxygens (including phenoxy) is 1. The third-order valence-electron chi connectivity index (χ3n) is 3.86. The normalized spacial score (nSPS) is 19.0. The second kappa shape index (κ2) is 6.55. The van der Waals surface area contributed by atoms with E-state index in [1.165, 1.54) is 5.56 Å². The average Bonchev–Trinajstić information content (AvgIpc) is 2.45. The Morgan fingerprint density at radius 2 is 2.18 bits per heavy atom. The van der Waals surface area contributed by atoms with Crippen LogP contribution in [-0.4, -0.2) is 47.8 Å². The van der Waals surface area contributed by atoms with E-state index in [-0.39, 0.29) is 12.1 Å². The molecule has 5 heteroatoms. The fourth-order valence-electron chi connectivity index (χ4n) is 2.66. The molecule has 1 aromatic heterocycles. The van der Waals surface area contributed by atoms with E-state index in [4.69, 9.17) is 4.74 Å². The molecule has 0 bridgehead atoms. The van der Waals surface area contributed by atoms with Gasteiger partial charge in [0.25, 0.3) is 0 Å². The van der Waals surface area contributed by atoms with Crippen molar-refractivity contribution < 1.29 is 9.53 Å². The molecule has 1 fully saturated rings. The number of piperidine rings is 1. The van der Waals surface area contributed by atoms with Crippen molar-refractivity contribution in [3.63, 3.8) is 0 Å². The van der Waals surface area contributed by atoms with Crippen LogP contribution in [0.25, 0.3) is 0 Å². The summed E-state index contributed by atoms with van der Waals surface area (Å²) >= 11 is 0. The number of pyridine rings is 1. The molecule has 0 spiro atoms. The Morgan fingerprint density at radius 3 is 2.82 bits per heavy atom. The Balaban J connectivity index is 2.02. The lowest BCUT2D eigenvalue weighted by atomic mass is 10.0. The topological polar surface area (TPSA) is 45.7 Å². The summed E-state index contributed by atoms with van der Waals surface area (Å²) in [6.45, 7) is 9.20. The van der Waals surface area contributed by atoms with Crippen molar-refractivity contribution in [3.8, 4) is 0 Å². The van der Waals surface area contributed by atoms with Crippen LogP contribution in [0.15, 0.2) is 18.3 Å². The Kier molecular flexibility index (Phi) is 4.94. The lowest BCUT2D eigenvalue weighted by molar-refractivity contribution is 0.0199. The van der Waals surface area contributed by atoms with Gasteiger partial charge in [-0.15, -0.1) is 0 Å². The summed E-state index contributed by atoms with van der Waals surface area (Å²) in [5.74, 6) is 0.955. The van der Waals surface area contributed by atoms with Crippen LogP contribution in [0.5, 0.6) is 0 Å². The maximum absolute atomic E-state index is 12.2. The van der Waals surface area contributed by atoms with Crippen molar-refractivity contribution >= 4 is 11.9 Å². The van der Waals surface area contributed by atoms with Gasteiger partial charge in [0.1, 0.15) is 11.4 Å². The van der Waals surface area contributed by atoms with Crippen molar-refractivity contribution in [1.82, 2.24) is 9.88 Å². The highest BCUT2D eigenvalue weighted by molar-refractivity contribution is 5.68. The minimum Gasteiger partial charge on any atom is -0.444 e. The Labute approximate surface area is 133 Å². The van der Waals surface area contributed by atoms with Crippen molar-refractivity contribution in [2.24, 2.45) is 0 Å². The zero-order valence-corrected chi connectivity index (χ0v) is 14.3. The smallest absolute Gasteiger partial charge is 0.410 e. The van der Waals surface area contributed by atoms with E-state index >= 15 is 0 Å². The van der Waals surface area contributed by atoms with Gasteiger partial charge in [0.15, 0.2) is 0 Å². The number of hydrogen-bond acceptors (Lipinski definition) is 4. The summed E-state index contributed by atoms with van der Waals surface area (Å²) in [5.41, 5.74) is 0.741. The van der Waals surface area contributed by atoms with E-state index in [9.17, 15) is 4.79 Å². The molecule has 1 atom stereocenters. The second-order valence-corrected chi connectivity index (χ2v) is 7.02. The largest absolute Gasteiger partial charge is 0.444 e. The predicted molar refractivity (Wildman–Crippen MR) is 88.2 cm³/mol. The minimum atomic E-state index is -0.450. The molecule has 0 aromatic carbocycles. The van der Waals surface area contributed by atoms with Gasteiger partial charge < -0.3 is 14.5 Å². The molecule has 2 rings (SSSR count). The first-order valence-electron chi connectivity index (χ1n) is 7.90. The van der Waals surface area contributed by atoms with Crippen LogP contribution in [0, 0.1) is 6.92 Å². The molecular formula is C17H27N3O2. The molecule has 0 saturated carbocycles. The van der Waals surface area contributed by atoms with Crippen LogP contribution in [0.2, 0.25) is 0 Å². The highest BCUT2D eigenvalue weighted by Crippen LogP contribution is 2.22. The summed E-state index contributed by atoms with van der Waals surface area (Å²) < 4.78 is 5.48. The third-order valence-corrected chi connectivity index (χ3v) is 3.86. The molecule has 0 unspecified atom stereocenters. The Bertz CT molecular complexity index is 525. The molecule has 2 heterocycles. The number of hydrogen-bond donors (Lipinski definition) is 0. The van der Waals surface area contributed by atoms with Crippen molar-refractivity contribution in [1.29, 1.82) is 0 Å². The number of carbonyl (C=O) groups excluding carboxylic acids is 1. The number of likely N-dealkylation sites (tertiary alicyclic amines) is 1. The summed E-state index contributed by atoms with van der Waals surface area (Å²) in [5, 5.41) is 0. The molecule has 1 saturated heterocycles. The van der Waals surface area contributed by atoms with Gasteiger partial charge in [-0.1, -0.05) is 0 Å². The standard InChI is InChI=1S/C17H27N3O2/c1-13-8-9-18-15(11-13)19(5)14-7-6-10-20(12-14)16(21)22-17(2,3)4/h8-9,11,14H,6-7,10,12H2,1-5H3/t14-/m1/s1. The molecule has 122 valence electrons. The van der Waals surface area contributed by atoms with E-state index in [0.717, 1.165) is 25.2 Å². The summed E-state index contributed by atoms with van der Waals surface area (Å²) in [6.07, 6.45) is 3.66. The first kappa shape index (κ1) is 16.6. The van der Waals surface area contributed by atoms with Gasteiger partial charge in [-0.05, 0) is 58.2 Å². The van der Waals surface area contributed by atoms with Crippen LogP contribution >= 0.6 is 0 Å². The number of aromatic nitrogens is 1. The third kappa shape index (κ3) is 4.36. The SMILES string of the molecule is Cc1ccnc(N(C)[C@@H]2CCCN(C(=O)OC(C)(C)C)C2)c1. The number of carbonyl (C=O) groups is 1. The van der Waals surface area contributed by atoms with Crippen LogP contribution in [0.1, 0.15) is 39.2 Å². The minimum absolute atomic E-state index is 0.220. The molecular weight excluding hydrogens is 278 g/mol. The second-order valence-electron chi connectivity index (χ2n) is 7.02. The first-order chi connectivity index (χ1) is 10.3. The van der Waals surface area contributed by atoms with Crippen molar-refractivity contribution in [3.05, 3.63) is 23.9 Å². The maximum Gasteiger partial charge on any atom is 0.410 e. The van der Waals surface area contributed by atoms with E-state index in [0.29, 0.717) is 6.54 Å². The van der Waals surface area contributed by atoms with Gasteiger partial charge in [-0.25, -0.2) is 9.78 Å². The highest BCUT2D eigenvalue weighted by Gasteiger charge is 2.29. The zero-order chi connectivity index (χ0) is 16.3. The maximum atomic E-state index is 12.2. The number of amides is 1. The summed E-state index contributed by atoms with van der Waals surface area (Å²) in [4.78, 5) is 20.7. The zero-order valence-electron chi connectivity index (χ0n) is 14.3. The van der Waals surface area contributed by atoms with Crippen LogP contribution in [0.3, 0.4) is 0 Å². The lowest BCUT2D eigenvalue weighted by Gasteiger charge is -2.38. The molecule has 22 heavy (non-hydrogen) atoms. The molecule has 5 nitrogen and oxygen atoms in total. The number of rotatable bonds is 2. The lowest BCUT2D eigenvalue weighted by Crippen LogP contribution is -2.50. The van der Waals surface area contributed by atoms with E-state index in [1.807, 2.05) is 45.0 Å². The van der Waals surface area contributed by atoms with Gasteiger partial charge in [0.05, 0.1) is 0 Å². The van der Waals surface area contributed by atoms with Gasteiger partial charge >= 0.3 is 6.09 Å². The van der Waals surface area contributed by atoms with Crippen molar-refractivity contribution in [2.45, 2.75) is 52.2 Å². The molecule has 1 aliphatic rings. The van der Waals surface area contributed by atoms with Crippen LogP contribution < -0.4 is 4.90 Å². The molecule has 0 radical (unpaired) electrons. The number of anilines is 1. The highest BCUT2D eigenvalue weighted by atomic mass is 16.6. The molecule has 0 N–H and O–H groups in total. The fourth-order valence-corrected chi connectivity index (χ4v) is 2.66. The number of nitrogens with zero attached hydrogens (tertiary/aromatic N) is 3. The van der Waals surface area contributed by atoms with Gasteiger partial charge in [-0.3, -0.25) is 0 Å². The van der Waals surface area contributed by atoms with E-state index in [1.54, 1.807) is 0 Å².